The van der Waals surface area contributed by atoms with Crippen molar-refractivity contribution in [2.75, 3.05) is 33.9 Å². The Morgan fingerprint density at radius 1 is 1.10 bits per heavy atom. The molecule has 0 saturated carbocycles. The molecular formula is C23H28ClNO5. The summed E-state index contributed by atoms with van der Waals surface area (Å²) in [5.74, 6) is 1.14. The van der Waals surface area contributed by atoms with Crippen LogP contribution in [-0.2, 0) is 4.79 Å². The molecular weight excluding hydrogens is 406 g/mol. The lowest BCUT2D eigenvalue weighted by Crippen LogP contribution is -2.39. The molecule has 6 nitrogen and oxygen atoms in total. The van der Waals surface area contributed by atoms with Gasteiger partial charge in [0.1, 0.15) is 17.2 Å². The molecule has 1 unspecified atom stereocenters. The molecule has 3 rings (SSSR count). The molecule has 1 atom stereocenters. The average Bonchev–Trinajstić information content (AvgIpc) is 2.76. The maximum atomic E-state index is 11.4. The van der Waals surface area contributed by atoms with Crippen molar-refractivity contribution in [1.82, 2.24) is 4.90 Å². The van der Waals surface area contributed by atoms with Gasteiger partial charge in [-0.05, 0) is 69.3 Å². The third-order valence-corrected chi connectivity index (χ3v) is 5.78. The number of likely N-dealkylation sites (tertiary alicyclic amines) is 1. The van der Waals surface area contributed by atoms with Crippen LogP contribution in [0.4, 0.5) is 0 Å². The normalized spacial score (nSPS) is 16.1. The molecule has 7 heteroatoms. The Hall–Kier alpha value is -2.44. The van der Waals surface area contributed by atoms with Gasteiger partial charge >= 0.3 is 5.97 Å². The van der Waals surface area contributed by atoms with E-state index < -0.39 is 5.97 Å². The highest BCUT2D eigenvalue weighted by atomic mass is 35.5. The van der Waals surface area contributed by atoms with Crippen LogP contribution in [-0.4, -0.2) is 49.9 Å². The highest BCUT2D eigenvalue weighted by Gasteiger charge is 2.33. The number of nitrogens with zero attached hydrogens (tertiary/aromatic N) is 1. The average molecular weight is 434 g/mol. The van der Waals surface area contributed by atoms with Crippen molar-refractivity contribution in [3.8, 4) is 17.2 Å². The van der Waals surface area contributed by atoms with E-state index in [0.717, 1.165) is 28.4 Å². The standard InChI is InChI=1S/C23H28ClNO5/c1-4-30-21-7-5-16(24)13-18(21)22(25-11-9-15(10-12-25)23(26)27)19-14-17(28-2)6-8-20(19)29-3/h5-8,13-15,22H,4,9-12H2,1-3H3,(H,26,27). The highest BCUT2D eigenvalue weighted by molar-refractivity contribution is 6.30. The van der Waals surface area contributed by atoms with E-state index >= 15 is 0 Å². The molecule has 30 heavy (non-hydrogen) atoms. The maximum absolute atomic E-state index is 11.4. The van der Waals surface area contributed by atoms with Gasteiger partial charge in [-0.25, -0.2) is 0 Å². The first kappa shape index (κ1) is 22.2. The molecule has 1 heterocycles. The first-order chi connectivity index (χ1) is 14.5. The van der Waals surface area contributed by atoms with Crippen molar-refractivity contribution in [3.63, 3.8) is 0 Å². The topological polar surface area (TPSA) is 68.2 Å². The minimum absolute atomic E-state index is 0.218. The molecule has 2 aromatic carbocycles. The number of aliphatic carboxylic acids is 1. The lowest BCUT2D eigenvalue weighted by atomic mass is 9.90. The number of rotatable bonds is 8. The minimum atomic E-state index is -0.733. The molecule has 1 N–H and O–H groups in total. The second-order valence-corrected chi connectivity index (χ2v) is 7.71. The molecule has 0 radical (unpaired) electrons. The van der Waals surface area contributed by atoms with Gasteiger partial charge in [0, 0.05) is 16.1 Å². The molecule has 0 amide bonds. The molecule has 0 aliphatic carbocycles. The van der Waals surface area contributed by atoms with Gasteiger partial charge in [0.15, 0.2) is 0 Å². The van der Waals surface area contributed by atoms with Gasteiger partial charge in [0.25, 0.3) is 0 Å². The van der Waals surface area contributed by atoms with E-state index in [9.17, 15) is 9.90 Å². The second kappa shape index (κ2) is 10.0. The van der Waals surface area contributed by atoms with Crippen molar-refractivity contribution in [2.24, 2.45) is 5.92 Å². The van der Waals surface area contributed by atoms with Crippen LogP contribution in [0.2, 0.25) is 5.02 Å². The Morgan fingerprint density at radius 2 is 1.77 bits per heavy atom. The van der Waals surface area contributed by atoms with Crippen LogP contribution in [0.15, 0.2) is 36.4 Å². The Labute approximate surface area is 182 Å². The summed E-state index contributed by atoms with van der Waals surface area (Å²) in [6.07, 6.45) is 1.17. The van der Waals surface area contributed by atoms with Gasteiger partial charge in [0.2, 0.25) is 0 Å². The van der Waals surface area contributed by atoms with E-state index in [0.29, 0.717) is 37.6 Å². The molecule has 1 fully saturated rings. The zero-order valence-corrected chi connectivity index (χ0v) is 18.3. The molecule has 0 bridgehead atoms. The van der Waals surface area contributed by atoms with Crippen LogP contribution in [0.1, 0.15) is 36.9 Å². The number of benzene rings is 2. The predicted molar refractivity (Wildman–Crippen MR) is 116 cm³/mol. The fraction of sp³-hybridized carbons (Fsp3) is 0.435. The fourth-order valence-corrected chi connectivity index (χ4v) is 4.22. The van der Waals surface area contributed by atoms with E-state index in [-0.39, 0.29) is 12.0 Å². The van der Waals surface area contributed by atoms with Gasteiger partial charge in [-0.1, -0.05) is 11.6 Å². The summed E-state index contributed by atoms with van der Waals surface area (Å²) >= 11 is 6.38. The zero-order valence-electron chi connectivity index (χ0n) is 17.6. The van der Waals surface area contributed by atoms with Gasteiger partial charge in [-0.3, -0.25) is 9.69 Å². The number of methoxy groups -OCH3 is 2. The summed E-state index contributed by atoms with van der Waals surface area (Å²) in [7, 11) is 3.27. The summed E-state index contributed by atoms with van der Waals surface area (Å²) in [6, 6.07) is 11.1. The van der Waals surface area contributed by atoms with E-state index in [4.69, 9.17) is 25.8 Å². The van der Waals surface area contributed by atoms with Crippen LogP contribution in [0, 0.1) is 5.92 Å². The number of piperidine rings is 1. The van der Waals surface area contributed by atoms with Crippen LogP contribution in [0.5, 0.6) is 17.2 Å². The van der Waals surface area contributed by atoms with E-state index in [1.165, 1.54) is 0 Å². The molecule has 1 aliphatic heterocycles. The Bertz CT molecular complexity index is 880. The maximum Gasteiger partial charge on any atom is 0.306 e. The third-order valence-electron chi connectivity index (χ3n) is 5.54. The van der Waals surface area contributed by atoms with E-state index in [1.807, 2.05) is 43.3 Å². The summed E-state index contributed by atoms with van der Waals surface area (Å²) in [5, 5.41) is 10.0. The number of carboxylic acids is 1. The van der Waals surface area contributed by atoms with Gasteiger partial charge in [-0.15, -0.1) is 0 Å². The van der Waals surface area contributed by atoms with Crippen molar-refractivity contribution in [1.29, 1.82) is 0 Å². The van der Waals surface area contributed by atoms with Crippen molar-refractivity contribution < 1.29 is 24.1 Å². The number of ether oxygens (including phenoxy) is 3. The Kier molecular flexibility index (Phi) is 7.45. The number of halogens is 1. The fourth-order valence-electron chi connectivity index (χ4n) is 4.04. The predicted octanol–water partition coefficient (Wildman–Crippen LogP) is 4.64. The first-order valence-corrected chi connectivity index (χ1v) is 10.5. The molecule has 1 aliphatic rings. The first-order valence-electron chi connectivity index (χ1n) is 10.1. The van der Waals surface area contributed by atoms with Crippen LogP contribution >= 0.6 is 11.6 Å². The quantitative estimate of drug-likeness (QED) is 0.654. The molecule has 1 saturated heterocycles. The number of carboxylic acid groups (broad SMARTS) is 1. The van der Waals surface area contributed by atoms with Crippen LogP contribution in [0.25, 0.3) is 0 Å². The Balaban J connectivity index is 2.12. The summed E-state index contributed by atoms with van der Waals surface area (Å²) in [6.45, 7) is 3.75. The molecule has 2 aromatic rings. The summed E-state index contributed by atoms with van der Waals surface area (Å²) in [4.78, 5) is 13.7. The smallest absolute Gasteiger partial charge is 0.306 e. The molecule has 0 spiro atoms. The zero-order chi connectivity index (χ0) is 21.7. The van der Waals surface area contributed by atoms with Gasteiger partial charge < -0.3 is 19.3 Å². The van der Waals surface area contributed by atoms with Crippen molar-refractivity contribution in [2.45, 2.75) is 25.8 Å². The monoisotopic (exact) mass is 433 g/mol. The van der Waals surface area contributed by atoms with Gasteiger partial charge in [-0.2, -0.15) is 0 Å². The van der Waals surface area contributed by atoms with Gasteiger partial charge in [0.05, 0.1) is 32.8 Å². The summed E-state index contributed by atoms with van der Waals surface area (Å²) in [5.41, 5.74) is 1.85. The van der Waals surface area contributed by atoms with Crippen LogP contribution < -0.4 is 14.2 Å². The second-order valence-electron chi connectivity index (χ2n) is 7.27. The highest BCUT2D eigenvalue weighted by Crippen LogP contribution is 2.42. The number of hydrogen-bond donors (Lipinski definition) is 1. The largest absolute Gasteiger partial charge is 0.497 e. The lowest BCUT2D eigenvalue weighted by molar-refractivity contribution is -0.143. The van der Waals surface area contributed by atoms with E-state index in [2.05, 4.69) is 4.90 Å². The molecule has 0 aromatic heterocycles. The number of carbonyl (C=O) groups is 1. The number of hydrogen-bond acceptors (Lipinski definition) is 5. The third kappa shape index (κ3) is 4.82. The SMILES string of the molecule is CCOc1ccc(Cl)cc1C(c1cc(OC)ccc1OC)N1CCC(C(=O)O)CC1. The Morgan fingerprint density at radius 3 is 2.37 bits per heavy atom. The minimum Gasteiger partial charge on any atom is -0.497 e. The van der Waals surface area contributed by atoms with E-state index in [1.54, 1.807) is 14.2 Å². The summed E-state index contributed by atoms with van der Waals surface area (Å²) < 4.78 is 17.1. The molecule has 162 valence electrons. The lowest BCUT2D eigenvalue weighted by Gasteiger charge is -2.38. The van der Waals surface area contributed by atoms with Crippen LogP contribution in [0.3, 0.4) is 0 Å². The van der Waals surface area contributed by atoms with Crippen molar-refractivity contribution >= 4 is 17.6 Å². The van der Waals surface area contributed by atoms with Crippen molar-refractivity contribution in [3.05, 3.63) is 52.5 Å².